The molecule has 20 heavy (non-hydrogen) atoms. The minimum absolute atomic E-state index is 0.0106. The van der Waals surface area contributed by atoms with Gasteiger partial charge in [0.05, 0.1) is 6.54 Å². The number of nitrogens with zero attached hydrogens (tertiary/aromatic N) is 3. The molecule has 1 N–H and O–H groups in total. The van der Waals surface area contributed by atoms with Crippen molar-refractivity contribution in [3.63, 3.8) is 0 Å². The molecule has 0 aliphatic rings. The second kappa shape index (κ2) is 6.70. The Hall–Kier alpha value is -2.37. The van der Waals surface area contributed by atoms with E-state index in [0.29, 0.717) is 12.3 Å². The molecular weight excluding hydrogens is 256 g/mol. The van der Waals surface area contributed by atoms with E-state index in [1.165, 1.54) is 0 Å². The second-order valence-electron chi connectivity index (χ2n) is 4.41. The van der Waals surface area contributed by atoms with Gasteiger partial charge in [-0.05, 0) is 26.0 Å². The molecule has 2 aromatic rings. The van der Waals surface area contributed by atoms with E-state index in [9.17, 15) is 4.79 Å². The fourth-order valence-corrected chi connectivity index (χ4v) is 1.69. The number of ether oxygens (including phenoxy) is 1. The van der Waals surface area contributed by atoms with Crippen molar-refractivity contribution in [3.05, 3.63) is 42.0 Å². The Balaban J connectivity index is 1.77. The van der Waals surface area contributed by atoms with Crippen LogP contribution in [0.25, 0.3) is 0 Å². The lowest BCUT2D eigenvalue weighted by atomic mass is 10.2. The van der Waals surface area contributed by atoms with Gasteiger partial charge < -0.3 is 14.6 Å². The first-order valence-electron chi connectivity index (χ1n) is 6.52. The van der Waals surface area contributed by atoms with Crippen LogP contribution in [0, 0.1) is 6.92 Å². The summed E-state index contributed by atoms with van der Waals surface area (Å²) in [5.41, 5.74) is 1.15. The molecule has 0 saturated carbocycles. The van der Waals surface area contributed by atoms with Crippen LogP contribution in [0.15, 0.2) is 30.6 Å². The number of benzene rings is 1. The first-order chi connectivity index (χ1) is 9.69. The molecule has 0 saturated heterocycles. The van der Waals surface area contributed by atoms with Crippen LogP contribution in [0.1, 0.15) is 18.3 Å². The third kappa shape index (κ3) is 3.81. The summed E-state index contributed by atoms with van der Waals surface area (Å²) in [6, 6.07) is 7.57. The highest BCUT2D eigenvalue weighted by molar-refractivity contribution is 5.77. The molecule has 1 heterocycles. The van der Waals surface area contributed by atoms with Crippen molar-refractivity contribution in [1.29, 1.82) is 0 Å². The highest BCUT2D eigenvalue weighted by Gasteiger charge is 2.06. The van der Waals surface area contributed by atoms with Crippen molar-refractivity contribution in [3.8, 4) is 5.75 Å². The molecule has 1 amide bonds. The molecule has 0 spiro atoms. The summed E-state index contributed by atoms with van der Waals surface area (Å²) >= 11 is 0. The number of amides is 1. The van der Waals surface area contributed by atoms with E-state index in [0.717, 1.165) is 17.9 Å². The van der Waals surface area contributed by atoms with E-state index in [2.05, 4.69) is 15.5 Å². The van der Waals surface area contributed by atoms with Crippen LogP contribution in [0.2, 0.25) is 0 Å². The zero-order valence-corrected chi connectivity index (χ0v) is 11.7. The van der Waals surface area contributed by atoms with Crippen LogP contribution >= 0.6 is 0 Å². The maximum atomic E-state index is 11.7. The molecule has 6 nitrogen and oxygen atoms in total. The summed E-state index contributed by atoms with van der Waals surface area (Å²) < 4.78 is 7.27. The molecule has 0 aliphatic heterocycles. The molecule has 1 aromatic heterocycles. The van der Waals surface area contributed by atoms with Crippen LogP contribution < -0.4 is 10.1 Å². The van der Waals surface area contributed by atoms with Gasteiger partial charge >= 0.3 is 0 Å². The van der Waals surface area contributed by atoms with Crippen molar-refractivity contribution in [1.82, 2.24) is 20.1 Å². The maximum Gasteiger partial charge on any atom is 0.258 e. The van der Waals surface area contributed by atoms with Crippen LogP contribution in [-0.2, 0) is 17.9 Å². The third-order valence-corrected chi connectivity index (χ3v) is 2.87. The standard InChI is InChI=1S/C14H18N4O2/c1-3-18-10-16-17-13(18)8-15-14(19)9-20-12-6-4-11(2)5-7-12/h4-7,10H,3,8-9H2,1-2H3,(H,15,19). The smallest absolute Gasteiger partial charge is 0.258 e. The van der Waals surface area contributed by atoms with Gasteiger partial charge in [0.15, 0.2) is 12.4 Å². The summed E-state index contributed by atoms with van der Waals surface area (Å²) in [5.74, 6) is 1.23. The first-order valence-corrected chi connectivity index (χ1v) is 6.52. The van der Waals surface area contributed by atoms with Gasteiger partial charge in [-0.1, -0.05) is 17.7 Å². The predicted molar refractivity (Wildman–Crippen MR) is 74.2 cm³/mol. The zero-order valence-electron chi connectivity index (χ0n) is 11.7. The van der Waals surface area contributed by atoms with Crippen molar-refractivity contribution in [2.24, 2.45) is 0 Å². The van der Waals surface area contributed by atoms with E-state index in [1.54, 1.807) is 6.33 Å². The number of aromatic nitrogens is 3. The minimum atomic E-state index is -0.184. The number of nitrogens with one attached hydrogen (secondary N) is 1. The monoisotopic (exact) mass is 274 g/mol. The van der Waals surface area contributed by atoms with E-state index in [-0.39, 0.29) is 12.5 Å². The molecule has 106 valence electrons. The fourth-order valence-electron chi connectivity index (χ4n) is 1.69. The van der Waals surface area contributed by atoms with E-state index in [4.69, 9.17) is 4.74 Å². The maximum absolute atomic E-state index is 11.7. The Kier molecular flexibility index (Phi) is 4.70. The number of hydrogen-bond acceptors (Lipinski definition) is 4. The molecule has 0 unspecified atom stereocenters. The lowest BCUT2D eigenvalue weighted by molar-refractivity contribution is -0.123. The SMILES string of the molecule is CCn1cnnc1CNC(=O)COc1ccc(C)cc1. The number of hydrogen-bond donors (Lipinski definition) is 1. The molecule has 0 radical (unpaired) electrons. The fraction of sp³-hybridized carbons (Fsp3) is 0.357. The minimum Gasteiger partial charge on any atom is -0.484 e. The van der Waals surface area contributed by atoms with Gasteiger partial charge in [0, 0.05) is 6.54 Å². The zero-order chi connectivity index (χ0) is 14.4. The number of rotatable bonds is 6. The average molecular weight is 274 g/mol. The Morgan fingerprint density at radius 1 is 1.35 bits per heavy atom. The second-order valence-corrected chi connectivity index (χ2v) is 4.41. The largest absolute Gasteiger partial charge is 0.484 e. The summed E-state index contributed by atoms with van der Waals surface area (Å²) in [7, 11) is 0. The average Bonchev–Trinajstić information content (AvgIpc) is 2.92. The van der Waals surface area contributed by atoms with E-state index >= 15 is 0 Å². The normalized spacial score (nSPS) is 10.3. The van der Waals surface area contributed by atoms with Crippen LogP contribution in [0.3, 0.4) is 0 Å². The van der Waals surface area contributed by atoms with Crippen LogP contribution in [-0.4, -0.2) is 27.3 Å². The van der Waals surface area contributed by atoms with Gasteiger partial charge in [-0.3, -0.25) is 4.79 Å². The summed E-state index contributed by atoms with van der Waals surface area (Å²) in [4.78, 5) is 11.7. The molecular formula is C14H18N4O2. The van der Waals surface area contributed by atoms with E-state index in [1.807, 2.05) is 42.7 Å². The summed E-state index contributed by atoms with van der Waals surface area (Å²) in [6.07, 6.45) is 1.64. The van der Waals surface area contributed by atoms with Crippen LogP contribution in [0.4, 0.5) is 0 Å². The van der Waals surface area contributed by atoms with Crippen molar-refractivity contribution >= 4 is 5.91 Å². The Bertz CT molecular complexity index is 563. The molecule has 0 bridgehead atoms. The first kappa shape index (κ1) is 14.0. The topological polar surface area (TPSA) is 69.0 Å². The van der Waals surface area contributed by atoms with Gasteiger partial charge in [-0.2, -0.15) is 0 Å². The molecule has 6 heteroatoms. The summed E-state index contributed by atoms with van der Waals surface area (Å²) in [5, 5.41) is 10.5. The van der Waals surface area contributed by atoms with Gasteiger partial charge in [0.25, 0.3) is 5.91 Å². The molecule has 0 atom stereocenters. The highest BCUT2D eigenvalue weighted by atomic mass is 16.5. The van der Waals surface area contributed by atoms with Gasteiger partial charge in [-0.15, -0.1) is 10.2 Å². The Morgan fingerprint density at radius 2 is 2.10 bits per heavy atom. The third-order valence-electron chi connectivity index (χ3n) is 2.87. The highest BCUT2D eigenvalue weighted by Crippen LogP contribution is 2.10. The number of carbonyl (C=O) groups is 1. The lowest BCUT2D eigenvalue weighted by Gasteiger charge is -2.08. The Labute approximate surface area is 117 Å². The van der Waals surface area contributed by atoms with Crippen molar-refractivity contribution < 1.29 is 9.53 Å². The number of aryl methyl sites for hydroxylation is 2. The van der Waals surface area contributed by atoms with Gasteiger partial charge in [-0.25, -0.2) is 0 Å². The molecule has 1 aromatic carbocycles. The molecule has 0 fully saturated rings. The molecule has 0 aliphatic carbocycles. The quantitative estimate of drug-likeness (QED) is 0.862. The van der Waals surface area contributed by atoms with Crippen molar-refractivity contribution in [2.75, 3.05) is 6.61 Å². The molecule has 2 rings (SSSR count). The van der Waals surface area contributed by atoms with Crippen molar-refractivity contribution in [2.45, 2.75) is 26.9 Å². The number of carbonyl (C=O) groups excluding carboxylic acids is 1. The Morgan fingerprint density at radius 3 is 2.80 bits per heavy atom. The predicted octanol–water partition coefficient (Wildman–Crippen LogP) is 1.30. The van der Waals surface area contributed by atoms with Gasteiger partial charge in [0.2, 0.25) is 0 Å². The van der Waals surface area contributed by atoms with Gasteiger partial charge in [0.1, 0.15) is 12.1 Å². The lowest BCUT2D eigenvalue weighted by Crippen LogP contribution is -2.29. The van der Waals surface area contributed by atoms with E-state index < -0.39 is 0 Å². The summed E-state index contributed by atoms with van der Waals surface area (Å²) in [6.45, 7) is 5.11. The van der Waals surface area contributed by atoms with Crippen LogP contribution in [0.5, 0.6) is 5.75 Å².